The fraction of sp³-hybridized carbons (Fsp3) is 0. The van der Waals surface area contributed by atoms with Crippen LogP contribution in [0.25, 0.3) is 22.4 Å². The third kappa shape index (κ3) is 3.38. The maximum atomic E-state index is 11.3. The van der Waals surface area contributed by atoms with Crippen LogP contribution in [-0.2, 0) is 0 Å². The van der Waals surface area contributed by atoms with Crippen LogP contribution in [0.5, 0.6) is 11.5 Å². The van der Waals surface area contributed by atoms with Crippen molar-refractivity contribution >= 4 is 22.6 Å². The molecule has 0 aliphatic heterocycles. The molecular weight excluding hydrogens is 360 g/mol. The smallest absolute Gasteiger partial charge is 0.269 e. The van der Waals surface area contributed by atoms with Crippen LogP contribution >= 0.6 is 0 Å². The fourth-order valence-electron chi connectivity index (χ4n) is 2.75. The Morgan fingerprint density at radius 3 is 2.25 bits per heavy atom. The van der Waals surface area contributed by atoms with E-state index < -0.39 is 10.8 Å². The van der Waals surface area contributed by atoms with E-state index in [1.807, 2.05) is 12.1 Å². The van der Waals surface area contributed by atoms with Crippen LogP contribution in [0.2, 0.25) is 0 Å². The van der Waals surface area contributed by atoms with Crippen molar-refractivity contribution in [3.8, 4) is 22.9 Å². The number of carbonyl (C=O) groups is 1. The normalized spacial score (nSPS) is 10.7. The first kappa shape index (κ1) is 17.2. The van der Waals surface area contributed by atoms with Gasteiger partial charge in [0, 0.05) is 23.3 Å². The summed E-state index contributed by atoms with van der Waals surface area (Å²) in [5, 5.41) is 10.7. The number of hydrogen-bond donors (Lipinski definition) is 2. The van der Waals surface area contributed by atoms with Crippen molar-refractivity contribution < 1.29 is 14.5 Å². The average molecular weight is 374 g/mol. The van der Waals surface area contributed by atoms with E-state index in [2.05, 4.69) is 9.97 Å². The molecule has 3 aromatic carbocycles. The van der Waals surface area contributed by atoms with Crippen LogP contribution in [0.3, 0.4) is 0 Å². The summed E-state index contributed by atoms with van der Waals surface area (Å²) in [4.78, 5) is 29.2. The minimum atomic E-state index is -0.501. The summed E-state index contributed by atoms with van der Waals surface area (Å²) < 4.78 is 5.70. The number of primary amides is 1. The molecule has 8 heteroatoms. The number of hydrogen-bond acceptors (Lipinski definition) is 5. The van der Waals surface area contributed by atoms with Crippen molar-refractivity contribution in [2.24, 2.45) is 5.73 Å². The molecule has 4 aromatic rings. The molecule has 1 aromatic heterocycles. The number of imidazole rings is 1. The molecule has 0 aliphatic carbocycles. The second-order valence-corrected chi connectivity index (χ2v) is 6.06. The predicted octanol–water partition coefficient (Wildman–Crippen LogP) is 4.03. The van der Waals surface area contributed by atoms with Gasteiger partial charge in [0.15, 0.2) is 0 Å². The van der Waals surface area contributed by atoms with Gasteiger partial charge in [0.25, 0.3) is 5.69 Å². The van der Waals surface area contributed by atoms with E-state index in [0.29, 0.717) is 28.4 Å². The molecule has 0 saturated carbocycles. The van der Waals surface area contributed by atoms with Crippen LogP contribution in [0.15, 0.2) is 66.7 Å². The second-order valence-electron chi connectivity index (χ2n) is 6.06. The number of nitrogens with one attached hydrogen (secondary N) is 1. The molecule has 3 N–H and O–H groups in total. The number of ether oxygens (including phenoxy) is 1. The number of benzene rings is 3. The Balaban J connectivity index is 1.55. The Bertz CT molecular complexity index is 1180. The van der Waals surface area contributed by atoms with Gasteiger partial charge < -0.3 is 15.5 Å². The first-order chi connectivity index (χ1) is 13.5. The molecule has 138 valence electrons. The molecule has 28 heavy (non-hydrogen) atoms. The minimum Gasteiger partial charge on any atom is -0.457 e. The van der Waals surface area contributed by atoms with E-state index in [-0.39, 0.29) is 5.69 Å². The van der Waals surface area contributed by atoms with Gasteiger partial charge in [-0.1, -0.05) is 0 Å². The van der Waals surface area contributed by atoms with Gasteiger partial charge in [-0.3, -0.25) is 14.9 Å². The van der Waals surface area contributed by atoms with Gasteiger partial charge in [-0.15, -0.1) is 0 Å². The van der Waals surface area contributed by atoms with Gasteiger partial charge in [0.1, 0.15) is 17.3 Å². The lowest BCUT2D eigenvalue weighted by molar-refractivity contribution is -0.384. The van der Waals surface area contributed by atoms with Crippen molar-refractivity contribution in [3.63, 3.8) is 0 Å². The molecule has 0 bridgehead atoms. The van der Waals surface area contributed by atoms with E-state index in [0.717, 1.165) is 11.1 Å². The first-order valence-electron chi connectivity index (χ1n) is 8.32. The highest BCUT2D eigenvalue weighted by Gasteiger charge is 2.09. The van der Waals surface area contributed by atoms with Crippen molar-refractivity contribution in [3.05, 3.63) is 82.4 Å². The van der Waals surface area contributed by atoms with Gasteiger partial charge in [0.2, 0.25) is 5.91 Å². The highest BCUT2D eigenvalue weighted by atomic mass is 16.6. The van der Waals surface area contributed by atoms with Gasteiger partial charge in [-0.05, 0) is 54.6 Å². The predicted molar refractivity (Wildman–Crippen MR) is 103 cm³/mol. The van der Waals surface area contributed by atoms with E-state index in [1.165, 1.54) is 12.1 Å². The topological polar surface area (TPSA) is 124 Å². The van der Waals surface area contributed by atoms with Crippen LogP contribution < -0.4 is 10.5 Å². The molecule has 4 rings (SSSR count). The quantitative estimate of drug-likeness (QED) is 0.403. The van der Waals surface area contributed by atoms with Crippen LogP contribution in [0, 0.1) is 10.1 Å². The highest BCUT2D eigenvalue weighted by molar-refractivity contribution is 5.96. The maximum absolute atomic E-state index is 11.3. The molecule has 0 spiro atoms. The molecule has 0 unspecified atom stereocenters. The minimum absolute atomic E-state index is 0.00655. The molecule has 1 amide bonds. The number of amides is 1. The summed E-state index contributed by atoms with van der Waals surface area (Å²) in [5.41, 5.74) is 8.00. The lowest BCUT2D eigenvalue weighted by atomic mass is 10.2. The third-order valence-electron chi connectivity index (χ3n) is 4.18. The molecule has 1 heterocycles. The largest absolute Gasteiger partial charge is 0.457 e. The number of aromatic amines is 1. The third-order valence-corrected chi connectivity index (χ3v) is 4.18. The summed E-state index contributed by atoms with van der Waals surface area (Å²) >= 11 is 0. The van der Waals surface area contributed by atoms with Crippen molar-refractivity contribution in [2.75, 3.05) is 0 Å². The highest BCUT2D eigenvalue weighted by Crippen LogP contribution is 2.27. The van der Waals surface area contributed by atoms with Crippen molar-refractivity contribution in [1.82, 2.24) is 9.97 Å². The molecule has 0 atom stereocenters. The Kier molecular flexibility index (Phi) is 4.21. The Hall–Kier alpha value is -4.20. The van der Waals surface area contributed by atoms with Crippen LogP contribution in [0.1, 0.15) is 10.4 Å². The standard InChI is InChI=1S/C20H14N4O4/c21-19(25)13-3-10-17-18(11-13)23-20(22-17)12-1-6-15(7-2-12)28-16-8-4-14(5-9-16)24(26)27/h1-11H,(H2,21,25)(H,22,23). The molecule has 0 radical (unpaired) electrons. The summed E-state index contributed by atoms with van der Waals surface area (Å²) in [6.07, 6.45) is 0. The van der Waals surface area contributed by atoms with Gasteiger partial charge >= 0.3 is 0 Å². The number of nitro groups is 1. The molecule has 0 fully saturated rings. The number of rotatable bonds is 5. The maximum Gasteiger partial charge on any atom is 0.269 e. The van der Waals surface area contributed by atoms with Crippen LogP contribution in [-0.4, -0.2) is 20.8 Å². The number of aromatic nitrogens is 2. The van der Waals surface area contributed by atoms with Gasteiger partial charge in [-0.25, -0.2) is 4.98 Å². The molecular formula is C20H14N4O4. The Morgan fingerprint density at radius 2 is 1.64 bits per heavy atom. The van der Waals surface area contributed by atoms with E-state index in [1.54, 1.807) is 42.5 Å². The van der Waals surface area contributed by atoms with Gasteiger partial charge in [-0.2, -0.15) is 0 Å². The summed E-state index contributed by atoms with van der Waals surface area (Å²) in [6.45, 7) is 0. The zero-order valence-corrected chi connectivity index (χ0v) is 14.5. The Morgan fingerprint density at radius 1 is 1.00 bits per heavy atom. The number of H-pyrrole nitrogens is 1. The second kappa shape index (κ2) is 6.84. The van der Waals surface area contributed by atoms with E-state index in [4.69, 9.17) is 10.5 Å². The zero-order valence-electron chi connectivity index (χ0n) is 14.5. The summed E-state index contributed by atoms with van der Waals surface area (Å²) in [7, 11) is 0. The number of carbonyl (C=O) groups excluding carboxylic acids is 1. The number of non-ortho nitro benzene ring substituents is 1. The van der Waals surface area contributed by atoms with Crippen molar-refractivity contribution in [2.45, 2.75) is 0 Å². The number of fused-ring (bicyclic) bond motifs is 1. The van der Waals surface area contributed by atoms with Crippen LogP contribution in [0.4, 0.5) is 5.69 Å². The lowest BCUT2D eigenvalue weighted by Crippen LogP contribution is -2.10. The number of nitrogens with zero attached hydrogens (tertiary/aromatic N) is 2. The Labute approximate surface area is 158 Å². The molecule has 0 saturated heterocycles. The summed E-state index contributed by atoms with van der Waals surface area (Å²) in [5.74, 6) is 1.24. The van der Waals surface area contributed by atoms with Crippen molar-refractivity contribution in [1.29, 1.82) is 0 Å². The average Bonchev–Trinajstić information content (AvgIpc) is 3.12. The summed E-state index contributed by atoms with van der Waals surface area (Å²) in [6, 6.07) is 18.1. The number of nitrogens with two attached hydrogens (primary N) is 1. The molecule has 0 aliphatic rings. The van der Waals surface area contributed by atoms with Gasteiger partial charge in [0.05, 0.1) is 16.0 Å². The lowest BCUT2D eigenvalue weighted by Gasteiger charge is -2.06. The fourth-order valence-corrected chi connectivity index (χ4v) is 2.75. The van der Waals surface area contributed by atoms with E-state index in [9.17, 15) is 14.9 Å². The zero-order chi connectivity index (χ0) is 19.7. The SMILES string of the molecule is NC(=O)c1ccc2[nH]c(-c3ccc(Oc4ccc([N+](=O)[O-])cc4)cc3)nc2c1. The number of nitro benzene ring substituents is 1. The molecule has 8 nitrogen and oxygen atoms in total. The van der Waals surface area contributed by atoms with E-state index >= 15 is 0 Å². The first-order valence-corrected chi connectivity index (χ1v) is 8.32. The monoisotopic (exact) mass is 374 g/mol.